The van der Waals surface area contributed by atoms with E-state index in [-0.39, 0.29) is 12.5 Å². The van der Waals surface area contributed by atoms with Crippen LogP contribution in [0.5, 0.6) is 11.5 Å². The normalized spacial score (nSPS) is 11.7. The van der Waals surface area contributed by atoms with Gasteiger partial charge >= 0.3 is 0 Å². The van der Waals surface area contributed by atoms with Gasteiger partial charge in [0.05, 0.1) is 12.2 Å². The van der Waals surface area contributed by atoms with Crippen molar-refractivity contribution in [1.29, 1.82) is 5.26 Å². The predicted octanol–water partition coefficient (Wildman–Crippen LogP) is 3.59. The summed E-state index contributed by atoms with van der Waals surface area (Å²) in [5, 5.41) is 26.7. The summed E-state index contributed by atoms with van der Waals surface area (Å²) in [4.78, 5) is 15.3. The smallest absolute Gasteiger partial charge is 0.224 e. The van der Waals surface area contributed by atoms with Gasteiger partial charge in [-0.3, -0.25) is 4.79 Å². The molecule has 1 heterocycles. The molecule has 0 saturated carbocycles. The molecule has 192 valence electrons. The van der Waals surface area contributed by atoms with Crippen molar-refractivity contribution in [3.05, 3.63) is 54.2 Å². The summed E-state index contributed by atoms with van der Waals surface area (Å²) in [7, 11) is 0. The lowest BCUT2D eigenvalue weighted by Crippen LogP contribution is -2.32. The summed E-state index contributed by atoms with van der Waals surface area (Å²) in [5.41, 5.74) is 2.13. The van der Waals surface area contributed by atoms with E-state index in [1.54, 1.807) is 18.2 Å². The minimum Gasteiger partial charge on any atom is -0.491 e. The average molecular weight is 495 g/mol. The Morgan fingerprint density at radius 2 is 2.03 bits per heavy atom. The third-order valence-corrected chi connectivity index (χ3v) is 5.32. The molecule has 1 atom stereocenters. The number of ether oxygens (including phenoxy) is 3. The fourth-order valence-electron chi connectivity index (χ4n) is 3.52. The van der Waals surface area contributed by atoms with Crippen LogP contribution in [0.2, 0.25) is 0 Å². The van der Waals surface area contributed by atoms with Crippen LogP contribution in [0.4, 0.5) is 5.69 Å². The number of hydrogen-bond acceptors (Lipinski definition) is 7. The van der Waals surface area contributed by atoms with E-state index in [2.05, 4.69) is 21.7 Å². The topological polar surface area (TPSA) is 129 Å². The van der Waals surface area contributed by atoms with Crippen molar-refractivity contribution in [3.8, 4) is 17.6 Å². The van der Waals surface area contributed by atoms with Crippen LogP contribution in [0.1, 0.15) is 31.7 Å². The van der Waals surface area contributed by atoms with Crippen molar-refractivity contribution < 1.29 is 24.1 Å². The molecule has 0 fully saturated rings. The van der Waals surface area contributed by atoms with E-state index >= 15 is 0 Å². The zero-order chi connectivity index (χ0) is 25.6. The number of aliphatic hydroxyl groups is 1. The van der Waals surface area contributed by atoms with Gasteiger partial charge in [0.25, 0.3) is 0 Å². The van der Waals surface area contributed by atoms with Crippen LogP contribution < -0.4 is 20.1 Å². The van der Waals surface area contributed by atoms with E-state index < -0.39 is 6.10 Å². The molecule has 1 unspecified atom stereocenters. The van der Waals surface area contributed by atoms with E-state index in [9.17, 15) is 15.2 Å². The number of fused-ring (bicyclic) bond motifs is 1. The molecule has 2 aromatic carbocycles. The number of nitrogens with one attached hydrogen (secondary N) is 3. The molecule has 0 saturated heterocycles. The van der Waals surface area contributed by atoms with Gasteiger partial charge in [0, 0.05) is 48.4 Å². The maximum absolute atomic E-state index is 12.2. The lowest BCUT2D eigenvalue weighted by molar-refractivity contribution is -0.116. The second-order valence-electron chi connectivity index (χ2n) is 8.33. The first-order valence-corrected chi connectivity index (χ1v) is 12.2. The molecule has 0 radical (unpaired) electrons. The van der Waals surface area contributed by atoms with Crippen molar-refractivity contribution in [3.63, 3.8) is 0 Å². The number of amides is 1. The van der Waals surface area contributed by atoms with Crippen LogP contribution in [-0.2, 0) is 9.53 Å². The number of aromatic nitrogens is 1. The summed E-state index contributed by atoms with van der Waals surface area (Å²) in [6.07, 6.45) is 3.06. The van der Waals surface area contributed by atoms with Gasteiger partial charge in [0.15, 0.2) is 0 Å². The highest BCUT2D eigenvalue weighted by atomic mass is 16.5. The van der Waals surface area contributed by atoms with Gasteiger partial charge in [0.2, 0.25) is 5.91 Å². The highest BCUT2D eigenvalue weighted by molar-refractivity contribution is 5.93. The van der Waals surface area contributed by atoms with Gasteiger partial charge in [0.1, 0.15) is 36.9 Å². The van der Waals surface area contributed by atoms with E-state index in [4.69, 9.17) is 14.2 Å². The SMILES string of the molecule is CCCOCCOc1ccc(OCC(O)CNCCCC(=O)Nc2ccc3[nH]ccc3c2)c(C#N)c1. The first-order valence-electron chi connectivity index (χ1n) is 12.2. The summed E-state index contributed by atoms with van der Waals surface area (Å²) in [6, 6.07) is 14.8. The van der Waals surface area contributed by atoms with Gasteiger partial charge in [-0.15, -0.1) is 0 Å². The zero-order valence-electron chi connectivity index (χ0n) is 20.6. The number of aromatic amines is 1. The number of benzene rings is 2. The predicted molar refractivity (Wildman–Crippen MR) is 138 cm³/mol. The van der Waals surface area contributed by atoms with Crippen LogP contribution in [0.15, 0.2) is 48.7 Å². The van der Waals surface area contributed by atoms with Crippen molar-refractivity contribution in [2.75, 3.05) is 44.8 Å². The Labute approximate surface area is 211 Å². The Balaban J connectivity index is 1.29. The first kappa shape index (κ1) is 27.0. The third-order valence-electron chi connectivity index (χ3n) is 5.32. The molecule has 1 aromatic heterocycles. The van der Waals surface area contributed by atoms with E-state index in [1.807, 2.05) is 37.4 Å². The fourth-order valence-corrected chi connectivity index (χ4v) is 3.52. The Bertz CT molecular complexity index is 1140. The summed E-state index contributed by atoms with van der Waals surface area (Å²) in [5.74, 6) is 0.899. The molecule has 9 nitrogen and oxygen atoms in total. The quantitative estimate of drug-likeness (QED) is 0.224. The molecule has 0 aliphatic heterocycles. The number of hydrogen-bond donors (Lipinski definition) is 4. The van der Waals surface area contributed by atoms with Crippen molar-refractivity contribution in [1.82, 2.24) is 10.3 Å². The van der Waals surface area contributed by atoms with Gasteiger partial charge in [-0.1, -0.05) is 6.92 Å². The monoisotopic (exact) mass is 494 g/mol. The Morgan fingerprint density at radius 1 is 1.14 bits per heavy atom. The van der Waals surface area contributed by atoms with Gasteiger partial charge in [-0.25, -0.2) is 0 Å². The molecule has 3 aromatic rings. The molecule has 0 spiro atoms. The van der Waals surface area contributed by atoms with E-state index in [0.29, 0.717) is 62.8 Å². The Kier molecular flexibility index (Phi) is 11.1. The lowest BCUT2D eigenvalue weighted by Gasteiger charge is -2.15. The lowest BCUT2D eigenvalue weighted by atomic mass is 10.2. The first-order chi connectivity index (χ1) is 17.6. The Morgan fingerprint density at radius 3 is 2.86 bits per heavy atom. The molecular weight excluding hydrogens is 460 g/mol. The Hall–Kier alpha value is -3.58. The molecule has 36 heavy (non-hydrogen) atoms. The molecular formula is C27H34N4O5. The number of nitrogens with zero attached hydrogens (tertiary/aromatic N) is 1. The number of carbonyl (C=O) groups excluding carboxylic acids is 1. The molecule has 0 aliphatic carbocycles. The molecule has 0 aliphatic rings. The number of rotatable bonds is 16. The van der Waals surface area contributed by atoms with Gasteiger partial charge < -0.3 is 34.9 Å². The fraction of sp³-hybridized carbons (Fsp3) is 0.407. The van der Waals surface area contributed by atoms with Gasteiger partial charge in [-0.2, -0.15) is 5.26 Å². The summed E-state index contributed by atoms with van der Waals surface area (Å²) < 4.78 is 16.6. The second-order valence-corrected chi connectivity index (χ2v) is 8.33. The van der Waals surface area contributed by atoms with Crippen molar-refractivity contribution >= 4 is 22.5 Å². The van der Waals surface area contributed by atoms with Crippen molar-refractivity contribution in [2.24, 2.45) is 0 Å². The molecule has 0 bridgehead atoms. The van der Waals surface area contributed by atoms with Gasteiger partial charge in [-0.05, 0) is 55.8 Å². The number of anilines is 1. The van der Waals surface area contributed by atoms with Crippen molar-refractivity contribution in [2.45, 2.75) is 32.3 Å². The molecule has 1 amide bonds. The second kappa shape index (κ2) is 14.7. The van der Waals surface area contributed by atoms with E-state index in [0.717, 1.165) is 23.0 Å². The van der Waals surface area contributed by atoms with Crippen LogP contribution in [0, 0.1) is 11.3 Å². The largest absolute Gasteiger partial charge is 0.491 e. The number of nitriles is 1. The maximum atomic E-state index is 12.2. The number of aliphatic hydroxyl groups excluding tert-OH is 1. The molecule has 3 rings (SSSR count). The summed E-state index contributed by atoms with van der Waals surface area (Å²) >= 11 is 0. The maximum Gasteiger partial charge on any atom is 0.224 e. The highest BCUT2D eigenvalue weighted by Gasteiger charge is 2.10. The van der Waals surface area contributed by atoms with Crippen LogP contribution in [0.3, 0.4) is 0 Å². The summed E-state index contributed by atoms with van der Waals surface area (Å²) in [6.45, 7) is 4.56. The van der Waals surface area contributed by atoms with E-state index in [1.165, 1.54) is 0 Å². The average Bonchev–Trinajstić information content (AvgIpc) is 3.35. The number of H-pyrrole nitrogens is 1. The zero-order valence-corrected chi connectivity index (χ0v) is 20.6. The molecule has 4 N–H and O–H groups in total. The van der Waals surface area contributed by atoms with Crippen LogP contribution >= 0.6 is 0 Å². The standard InChI is InChI=1S/C27H34N4O5/c1-2-12-34-13-14-35-24-6-8-26(21(16-24)17-28)36-19-23(32)18-29-10-3-4-27(33)31-22-5-7-25-20(15-22)9-11-30-25/h5-9,11,15-16,23,29-30,32H,2-4,10,12-14,18-19H2,1H3,(H,31,33). The number of carbonyl (C=O) groups is 1. The minimum atomic E-state index is -0.759. The molecule has 9 heteroatoms. The third kappa shape index (κ3) is 8.89. The van der Waals surface area contributed by atoms with Crippen LogP contribution in [0.25, 0.3) is 10.9 Å². The minimum absolute atomic E-state index is 0.0366. The van der Waals surface area contributed by atoms with Crippen LogP contribution in [-0.4, -0.2) is 61.6 Å². The highest BCUT2D eigenvalue weighted by Crippen LogP contribution is 2.24.